The van der Waals surface area contributed by atoms with Crippen molar-refractivity contribution in [1.29, 1.82) is 0 Å². The largest absolute Gasteiger partial charge is 0.380 e. The molecule has 1 fully saturated rings. The van der Waals surface area contributed by atoms with Crippen molar-refractivity contribution >= 4 is 17.5 Å². The van der Waals surface area contributed by atoms with Gasteiger partial charge in [-0.2, -0.15) is 0 Å². The highest BCUT2D eigenvalue weighted by molar-refractivity contribution is 5.92. The molecule has 28 heavy (non-hydrogen) atoms. The minimum absolute atomic E-state index is 0.210. The number of rotatable bonds is 6. The molecule has 2 aromatic rings. The van der Waals surface area contributed by atoms with Crippen LogP contribution in [0.4, 0.5) is 11.5 Å². The number of ether oxygens (including phenoxy) is 2. The maximum absolute atomic E-state index is 6.05. The van der Waals surface area contributed by atoms with Gasteiger partial charge in [0.25, 0.3) is 0 Å². The Morgan fingerprint density at radius 3 is 2.68 bits per heavy atom. The van der Waals surface area contributed by atoms with E-state index in [1.54, 1.807) is 7.11 Å². The number of aromatic nitrogens is 1. The van der Waals surface area contributed by atoms with Gasteiger partial charge in [-0.25, -0.2) is 9.98 Å². The molecular weight excluding hydrogens is 354 g/mol. The highest BCUT2D eigenvalue weighted by atomic mass is 16.5. The fourth-order valence-corrected chi connectivity index (χ4v) is 3.34. The number of benzene rings is 1. The summed E-state index contributed by atoms with van der Waals surface area (Å²) in [6.45, 7) is 6.87. The first-order valence-corrected chi connectivity index (χ1v) is 9.54. The summed E-state index contributed by atoms with van der Waals surface area (Å²) in [5.41, 5.74) is 8.99. The topological polar surface area (TPSA) is 85.0 Å². The SMILES string of the molecule is COCc1ccccc1NC(N)=NCc1ccc(N2CC(C)OC(C)C2)nc1. The van der Waals surface area contributed by atoms with E-state index in [2.05, 4.69) is 34.0 Å². The molecule has 0 radical (unpaired) electrons. The van der Waals surface area contributed by atoms with E-state index in [4.69, 9.17) is 15.2 Å². The van der Waals surface area contributed by atoms with Crippen molar-refractivity contribution in [2.24, 2.45) is 10.7 Å². The summed E-state index contributed by atoms with van der Waals surface area (Å²) < 4.78 is 11.0. The number of nitrogens with zero attached hydrogens (tertiary/aromatic N) is 3. The van der Waals surface area contributed by atoms with E-state index in [1.807, 2.05) is 42.6 Å². The predicted molar refractivity (Wildman–Crippen MR) is 113 cm³/mol. The summed E-state index contributed by atoms with van der Waals surface area (Å²) in [5.74, 6) is 1.33. The second-order valence-corrected chi connectivity index (χ2v) is 7.10. The number of guanidine groups is 1. The van der Waals surface area contributed by atoms with Gasteiger partial charge >= 0.3 is 0 Å². The summed E-state index contributed by atoms with van der Waals surface area (Å²) in [5, 5.41) is 3.14. The van der Waals surface area contributed by atoms with Crippen molar-refractivity contribution < 1.29 is 9.47 Å². The minimum atomic E-state index is 0.210. The monoisotopic (exact) mass is 383 g/mol. The van der Waals surface area contributed by atoms with Gasteiger partial charge in [-0.15, -0.1) is 0 Å². The van der Waals surface area contributed by atoms with Crippen LogP contribution in [0.1, 0.15) is 25.0 Å². The fraction of sp³-hybridized carbons (Fsp3) is 0.429. The van der Waals surface area contributed by atoms with Gasteiger partial charge < -0.3 is 25.4 Å². The Bertz CT molecular complexity index is 784. The van der Waals surface area contributed by atoms with Gasteiger partial charge in [0.15, 0.2) is 5.96 Å². The molecule has 7 heteroatoms. The molecular formula is C21H29N5O2. The maximum atomic E-state index is 6.05. The number of hydrogen-bond donors (Lipinski definition) is 2. The first-order valence-electron chi connectivity index (χ1n) is 9.54. The van der Waals surface area contributed by atoms with Crippen molar-refractivity contribution in [2.45, 2.75) is 39.2 Å². The van der Waals surface area contributed by atoms with Crippen LogP contribution in [0, 0.1) is 0 Å². The predicted octanol–water partition coefficient (Wildman–Crippen LogP) is 2.77. The van der Waals surface area contributed by atoms with Crippen LogP contribution in [0.3, 0.4) is 0 Å². The van der Waals surface area contributed by atoms with Gasteiger partial charge in [-0.1, -0.05) is 24.3 Å². The Kier molecular flexibility index (Phi) is 6.84. The van der Waals surface area contributed by atoms with E-state index in [0.29, 0.717) is 19.1 Å². The van der Waals surface area contributed by atoms with Gasteiger partial charge in [0.1, 0.15) is 5.82 Å². The molecule has 3 N–H and O–H groups in total. The van der Waals surface area contributed by atoms with Crippen molar-refractivity contribution in [2.75, 3.05) is 30.4 Å². The number of methoxy groups -OCH3 is 1. The first kappa shape index (κ1) is 20.1. The first-order chi connectivity index (χ1) is 13.5. The van der Waals surface area contributed by atoms with Crippen LogP contribution in [-0.2, 0) is 22.6 Å². The molecule has 2 unspecified atom stereocenters. The Morgan fingerprint density at radius 2 is 2.00 bits per heavy atom. The van der Waals surface area contributed by atoms with Crippen molar-refractivity contribution in [1.82, 2.24) is 4.98 Å². The number of nitrogens with one attached hydrogen (secondary N) is 1. The van der Waals surface area contributed by atoms with Gasteiger partial charge in [0.2, 0.25) is 0 Å². The Balaban J connectivity index is 1.59. The maximum Gasteiger partial charge on any atom is 0.193 e. The molecule has 2 atom stereocenters. The third-order valence-corrected chi connectivity index (χ3v) is 4.56. The second kappa shape index (κ2) is 9.52. The standard InChI is InChI=1S/C21H29N5O2/c1-15-12-26(13-16(2)28-15)20-9-8-17(10-23-20)11-24-21(22)25-19-7-5-4-6-18(19)14-27-3/h4-10,15-16H,11-14H2,1-3H3,(H3,22,24,25). The molecule has 1 aromatic heterocycles. The van der Waals surface area contributed by atoms with E-state index in [-0.39, 0.29) is 12.2 Å². The van der Waals surface area contributed by atoms with Gasteiger partial charge in [0, 0.05) is 37.6 Å². The van der Waals surface area contributed by atoms with E-state index in [0.717, 1.165) is 35.7 Å². The molecule has 7 nitrogen and oxygen atoms in total. The number of hydrogen-bond acceptors (Lipinski definition) is 5. The van der Waals surface area contributed by atoms with Crippen LogP contribution in [0.5, 0.6) is 0 Å². The van der Waals surface area contributed by atoms with Crippen LogP contribution < -0.4 is 16.0 Å². The smallest absolute Gasteiger partial charge is 0.193 e. The van der Waals surface area contributed by atoms with Crippen molar-refractivity contribution in [3.05, 3.63) is 53.7 Å². The average molecular weight is 383 g/mol. The van der Waals surface area contributed by atoms with E-state index >= 15 is 0 Å². The fourth-order valence-electron chi connectivity index (χ4n) is 3.34. The van der Waals surface area contributed by atoms with Crippen LogP contribution >= 0.6 is 0 Å². The summed E-state index contributed by atoms with van der Waals surface area (Å²) in [4.78, 5) is 11.3. The van der Waals surface area contributed by atoms with E-state index in [9.17, 15) is 0 Å². The second-order valence-electron chi connectivity index (χ2n) is 7.10. The van der Waals surface area contributed by atoms with Gasteiger partial charge in [-0.05, 0) is 31.5 Å². The quantitative estimate of drug-likeness (QED) is 0.589. The zero-order chi connectivity index (χ0) is 19.9. The zero-order valence-corrected chi connectivity index (χ0v) is 16.8. The summed E-state index contributed by atoms with van der Waals surface area (Å²) in [7, 11) is 1.67. The lowest BCUT2D eigenvalue weighted by atomic mass is 10.2. The molecule has 1 aromatic carbocycles. The Labute approximate surface area is 166 Å². The third kappa shape index (κ3) is 5.43. The lowest BCUT2D eigenvalue weighted by molar-refractivity contribution is -0.00545. The van der Waals surface area contributed by atoms with E-state index in [1.165, 1.54) is 0 Å². The zero-order valence-electron chi connectivity index (χ0n) is 16.8. The summed E-state index contributed by atoms with van der Waals surface area (Å²) >= 11 is 0. The highest BCUT2D eigenvalue weighted by Gasteiger charge is 2.22. The Morgan fingerprint density at radius 1 is 1.25 bits per heavy atom. The number of nitrogens with two attached hydrogens (primary N) is 1. The molecule has 1 aliphatic heterocycles. The highest BCUT2D eigenvalue weighted by Crippen LogP contribution is 2.19. The Hall–Kier alpha value is -2.64. The number of pyridine rings is 1. The average Bonchev–Trinajstić information content (AvgIpc) is 2.68. The molecule has 1 aliphatic rings. The molecule has 0 aliphatic carbocycles. The number of aliphatic imine (C=N–C) groups is 1. The van der Waals surface area contributed by atoms with Crippen LogP contribution in [0.15, 0.2) is 47.6 Å². The van der Waals surface area contributed by atoms with Crippen molar-refractivity contribution in [3.8, 4) is 0 Å². The van der Waals surface area contributed by atoms with Crippen LogP contribution in [0.2, 0.25) is 0 Å². The van der Waals surface area contributed by atoms with Gasteiger partial charge in [-0.3, -0.25) is 0 Å². The molecule has 150 valence electrons. The van der Waals surface area contributed by atoms with Gasteiger partial charge in [0.05, 0.1) is 25.4 Å². The molecule has 0 bridgehead atoms. The number of morpholine rings is 1. The summed E-state index contributed by atoms with van der Waals surface area (Å²) in [6.07, 6.45) is 2.28. The minimum Gasteiger partial charge on any atom is -0.380 e. The molecule has 0 spiro atoms. The molecule has 1 saturated heterocycles. The van der Waals surface area contributed by atoms with Crippen LogP contribution in [-0.4, -0.2) is 43.4 Å². The lowest BCUT2D eigenvalue weighted by Gasteiger charge is -2.36. The summed E-state index contributed by atoms with van der Waals surface area (Å²) in [6, 6.07) is 11.9. The van der Waals surface area contributed by atoms with Crippen LogP contribution in [0.25, 0.3) is 0 Å². The van der Waals surface area contributed by atoms with E-state index < -0.39 is 0 Å². The molecule has 0 saturated carbocycles. The van der Waals surface area contributed by atoms with Crippen molar-refractivity contribution in [3.63, 3.8) is 0 Å². The molecule has 2 heterocycles. The lowest BCUT2D eigenvalue weighted by Crippen LogP contribution is -2.45. The molecule has 0 amide bonds. The molecule has 3 rings (SSSR count). The number of para-hydroxylation sites is 1. The number of anilines is 2. The third-order valence-electron chi connectivity index (χ3n) is 4.56. The normalized spacial score (nSPS) is 20.2.